The minimum Gasteiger partial charge on any atom is -0.301 e. The van der Waals surface area contributed by atoms with E-state index in [1.807, 2.05) is 36.7 Å². The summed E-state index contributed by atoms with van der Waals surface area (Å²) in [4.78, 5) is 20.6. The molecule has 0 aliphatic carbocycles. The number of nitrogens with zero attached hydrogens (tertiary/aromatic N) is 6. The van der Waals surface area contributed by atoms with E-state index in [0.29, 0.717) is 5.02 Å². The Morgan fingerprint density at radius 2 is 2.07 bits per heavy atom. The molecule has 0 saturated heterocycles. The number of imidazole rings is 1. The van der Waals surface area contributed by atoms with Gasteiger partial charge in [-0.05, 0) is 31.2 Å². The summed E-state index contributed by atoms with van der Waals surface area (Å²) in [6.45, 7) is 4.65. The molecule has 28 heavy (non-hydrogen) atoms. The second-order valence-electron chi connectivity index (χ2n) is 7.09. The van der Waals surface area contributed by atoms with Crippen molar-refractivity contribution in [3.05, 3.63) is 76.7 Å². The molecule has 5 rings (SSSR count). The molecule has 1 aliphatic rings. The van der Waals surface area contributed by atoms with Crippen LogP contribution in [0.1, 0.15) is 22.6 Å². The van der Waals surface area contributed by atoms with E-state index in [0.717, 1.165) is 54.5 Å². The average molecular weight is 391 g/mol. The van der Waals surface area contributed by atoms with Gasteiger partial charge >= 0.3 is 0 Å². The Morgan fingerprint density at radius 3 is 2.93 bits per heavy atom. The van der Waals surface area contributed by atoms with E-state index in [4.69, 9.17) is 16.6 Å². The van der Waals surface area contributed by atoms with Crippen molar-refractivity contribution in [1.82, 2.24) is 29.2 Å². The van der Waals surface area contributed by atoms with Crippen molar-refractivity contribution < 1.29 is 0 Å². The number of aryl methyl sites for hydroxylation is 1. The van der Waals surface area contributed by atoms with Crippen molar-refractivity contribution in [3.63, 3.8) is 0 Å². The molecule has 0 N–H and O–H groups in total. The van der Waals surface area contributed by atoms with Crippen molar-refractivity contribution in [2.45, 2.75) is 26.4 Å². The molecule has 0 amide bonds. The molecule has 1 aliphatic heterocycles. The first-order valence-electron chi connectivity index (χ1n) is 9.28. The number of aromatic nitrogens is 5. The fourth-order valence-electron chi connectivity index (χ4n) is 3.73. The Labute approximate surface area is 167 Å². The average Bonchev–Trinajstić information content (AvgIpc) is 3.03. The lowest BCUT2D eigenvalue weighted by molar-refractivity contribution is 0.239. The van der Waals surface area contributed by atoms with Crippen molar-refractivity contribution >= 4 is 17.2 Å². The van der Waals surface area contributed by atoms with Crippen LogP contribution >= 0.6 is 11.6 Å². The predicted octanol–water partition coefficient (Wildman–Crippen LogP) is 3.71. The van der Waals surface area contributed by atoms with Crippen LogP contribution in [0.3, 0.4) is 0 Å². The maximum atomic E-state index is 6.19. The number of rotatable bonds is 3. The largest absolute Gasteiger partial charge is 0.301 e. The van der Waals surface area contributed by atoms with Crippen molar-refractivity contribution in [1.29, 1.82) is 0 Å². The van der Waals surface area contributed by atoms with Gasteiger partial charge in [0.25, 0.3) is 0 Å². The molecule has 4 aromatic heterocycles. The molecule has 6 nitrogen and oxygen atoms in total. The minimum atomic E-state index is 0.714. The van der Waals surface area contributed by atoms with Crippen LogP contribution in [0.2, 0.25) is 5.02 Å². The second kappa shape index (κ2) is 6.96. The molecule has 140 valence electrons. The van der Waals surface area contributed by atoms with Crippen LogP contribution in [0.4, 0.5) is 0 Å². The summed E-state index contributed by atoms with van der Waals surface area (Å²) in [6, 6.07) is 7.73. The van der Waals surface area contributed by atoms with Crippen LogP contribution in [-0.4, -0.2) is 35.8 Å². The SMILES string of the molecule is Cc1nc2ccc(Cl)cn2c1CN1CCc2nc(-c3cccnc3)ncc2C1. The summed E-state index contributed by atoms with van der Waals surface area (Å²) in [5, 5.41) is 0.714. The fourth-order valence-corrected chi connectivity index (χ4v) is 3.89. The smallest absolute Gasteiger partial charge is 0.160 e. The van der Waals surface area contributed by atoms with Gasteiger partial charge in [-0.2, -0.15) is 0 Å². The molecule has 0 fully saturated rings. The Bertz CT molecular complexity index is 1150. The maximum Gasteiger partial charge on any atom is 0.160 e. The van der Waals surface area contributed by atoms with Gasteiger partial charge in [0.1, 0.15) is 5.65 Å². The first-order valence-corrected chi connectivity index (χ1v) is 9.66. The first-order chi connectivity index (χ1) is 13.7. The highest BCUT2D eigenvalue weighted by Gasteiger charge is 2.21. The van der Waals surface area contributed by atoms with E-state index >= 15 is 0 Å². The van der Waals surface area contributed by atoms with Gasteiger partial charge in [0.2, 0.25) is 0 Å². The molecule has 0 atom stereocenters. The zero-order valence-electron chi connectivity index (χ0n) is 15.5. The minimum absolute atomic E-state index is 0.714. The third-order valence-corrected chi connectivity index (χ3v) is 5.41. The molecule has 4 aromatic rings. The molecule has 7 heteroatoms. The quantitative estimate of drug-likeness (QED) is 0.533. The zero-order chi connectivity index (χ0) is 19.1. The lowest BCUT2D eigenvalue weighted by atomic mass is 10.1. The van der Waals surface area contributed by atoms with Gasteiger partial charge in [0.15, 0.2) is 5.82 Å². The molecule has 0 bridgehead atoms. The van der Waals surface area contributed by atoms with E-state index in [2.05, 4.69) is 31.2 Å². The lowest BCUT2D eigenvalue weighted by Crippen LogP contribution is -2.31. The third kappa shape index (κ3) is 3.15. The monoisotopic (exact) mass is 390 g/mol. The number of hydrogen-bond donors (Lipinski definition) is 0. The van der Waals surface area contributed by atoms with Crippen LogP contribution in [0.25, 0.3) is 17.0 Å². The van der Waals surface area contributed by atoms with Crippen molar-refractivity contribution in [2.24, 2.45) is 0 Å². The van der Waals surface area contributed by atoms with Crippen molar-refractivity contribution in [3.8, 4) is 11.4 Å². The molecule has 0 aromatic carbocycles. The van der Waals surface area contributed by atoms with E-state index < -0.39 is 0 Å². The Kier molecular flexibility index (Phi) is 4.30. The number of halogens is 1. The Balaban J connectivity index is 1.40. The van der Waals surface area contributed by atoms with Gasteiger partial charge in [-0.3, -0.25) is 9.88 Å². The van der Waals surface area contributed by atoms with Gasteiger partial charge in [0.05, 0.1) is 22.1 Å². The second-order valence-corrected chi connectivity index (χ2v) is 7.52. The van der Waals surface area contributed by atoms with Crippen molar-refractivity contribution in [2.75, 3.05) is 6.54 Å². The summed E-state index contributed by atoms with van der Waals surface area (Å²) >= 11 is 6.19. The molecule has 0 radical (unpaired) electrons. The summed E-state index contributed by atoms with van der Waals surface area (Å²) in [5.41, 5.74) is 6.40. The third-order valence-electron chi connectivity index (χ3n) is 5.19. The molecule has 0 unspecified atom stereocenters. The van der Waals surface area contributed by atoms with Gasteiger partial charge in [-0.1, -0.05) is 11.6 Å². The standard InChI is InChI=1S/C21H19ClN6/c1-14-19(28-12-17(22)4-5-20(28)25-14)13-27-8-6-18-16(11-27)10-24-21(26-18)15-3-2-7-23-9-15/h2-5,7,9-10,12H,6,8,11,13H2,1H3. The number of hydrogen-bond acceptors (Lipinski definition) is 5. The maximum absolute atomic E-state index is 6.19. The van der Waals surface area contributed by atoms with Gasteiger partial charge in [0, 0.05) is 62.0 Å². The van der Waals surface area contributed by atoms with Gasteiger partial charge < -0.3 is 4.40 Å². The molecule has 0 spiro atoms. The van der Waals surface area contributed by atoms with E-state index in [-0.39, 0.29) is 0 Å². The van der Waals surface area contributed by atoms with Gasteiger partial charge in [-0.25, -0.2) is 15.0 Å². The first kappa shape index (κ1) is 17.3. The van der Waals surface area contributed by atoms with Crippen LogP contribution < -0.4 is 0 Å². The summed E-state index contributed by atoms with van der Waals surface area (Å²) < 4.78 is 2.09. The number of fused-ring (bicyclic) bond motifs is 2. The summed E-state index contributed by atoms with van der Waals surface area (Å²) in [5.74, 6) is 0.743. The fraction of sp³-hybridized carbons (Fsp3) is 0.238. The van der Waals surface area contributed by atoms with Crippen LogP contribution in [0.5, 0.6) is 0 Å². The Morgan fingerprint density at radius 1 is 1.14 bits per heavy atom. The summed E-state index contributed by atoms with van der Waals surface area (Å²) in [6.07, 6.45) is 8.36. The van der Waals surface area contributed by atoms with Crippen LogP contribution in [0.15, 0.2) is 49.1 Å². The summed E-state index contributed by atoms with van der Waals surface area (Å²) in [7, 11) is 0. The normalized spacial score (nSPS) is 14.4. The Hall–Kier alpha value is -2.83. The molecule has 0 saturated carbocycles. The van der Waals surface area contributed by atoms with Crippen LogP contribution in [0, 0.1) is 6.92 Å². The molecule has 5 heterocycles. The van der Waals surface area contributed by atoms with Crippen LogP contribution in [-0.2, 0) is 19.5 Å². The highest BCUT2D eigenvalue weighted by molar-refractivity contribution is 6.30. The molecular weight excluding hydrogens is 372 g/mol. The highest BCUT2D eigenvalue weighted by Crippen LogP contribution is 2.23. The highest BCUT2D eigenvalue weighted by atomic mass is 35.5. The number of pyridine rings is 2. The van der Waals surface area contributed by atoms with Gasteiger partial charge in [-0.15, -0.1) is 0 Å². The van der Waals surface area contributed by atoms with E-state index in [9.17, 15) is 0 Å². The zero-order valence-corrected chi connectivity index (χ0v) is 16.3. The molecular formula is C21H19ClN6. The van der Waals surface area contributed by atoms with E-state index in [1.165, 1.54) is 11.3 Å². The predicted molar refractivity (Wildman–Crippen MR) is 108 cm³/mol. The lowest BCUT2D eigenvalue weighted by Gasteiger charge is -2.28. The van der Waals surface area contributed by atoms with E-state index in [1.54, 1.807) is 12.4 Å². The topological polar surface area (TPSA) is 59.2 Å².